The zero-order valence-electron chi connectivity index (χ0n) is 10.3. The normalized spacial score (nSPS) is 12.6. The molecule has 102 valence electrons. The van der Waals surface area contributed by atoms with Crippen molar-refractivity contribution in [2.24, 2.45) is 5.73 Å². The van der Waals surface area contributed by atoms with Crippen molar-refractivity contribution in [2.75, 3.05) is 13.7 Å². The van der Waals surface area contributed by atoms with Gasteiger partial charge in [0.1, 0.15) is 11.9 Å². The smallest absolute Gasteiger partial charge is 0.245 e. The number of hydrogen-bond acceptors (Lipinski definition) is 5. The Hall–Kier alpha value is -1.50. The maximum Gasteiger partial charge on any atom is 0.245 e. The molecule has 19 heavy (non-hydrogen) atoms. The van der Waals surface area contributed by atoms with Crippen LogP contribution >= 0.6 is 11.6 Å². The summed E-state index contributed by atoms with van der Waals surface area (Å²) in [5, 5.41) is 4.13. The van der Waals surface area contributed by atoms with E-state index < -0.39 is 6.04 Å². The van der Waals surface area contributed by atoms with Crippen LogP contribution in [0.1, 0.15) is 23.3 Å². The Morgan fingerprint density at radius 3 is 3.00 bits per heavy atom. The molecule has 0 bridgehead atoms. The number of nitrogens with two attached hydrogens (primary N) is 1. The van der Waals surface area contributed by atoms with Gasteiger partial charge in [0.15, 0.2) is 5.82 Å². The molecule has 0 saturated carbocycles. The van der Waals surface area contributed by atoms with Crippen molar-refractivity contribution in [3.63, 3.8) is 0 Å². The molecule has 5 nitrogen and oxygen atoms in total. The predicted octanol–water partition coefficient (Wildman–Crippen LogP) is 2.10. The van der Waals surface area contributed by atoms with E-state index in [2.05, 4.69) is 10.1 Å². The van der Waals surface area contributed by atoms with Crippen molar-refractivity contribution in [3.05, 3.63) is 46.3 Å². The van der Waals surface area contributed by atoms with Crippen LogP contribution in [0.5, 0.6) is 0 Å². The van der Waals surface area contributed by atoms with Gasteiger partial charge >= 0.3 is 0 Å². The van der Waals surface area contributed by atoms with E-state index in [1.165, 1.54) is 19.2 Å². The van der Waals surface area contributed by atoms with E-state index in [4.69, 9.17) is 26.6 Å². The van der Waals surface area contributed by atoms with Gasteiger partial charge in [0, 0.05) is 18.6 Å². The first-order valence-electron chi connectivity index (χ1n) is 5.61. The molecule has 1 aromatic carbocycles. The van der Waals surface area contributed by atoms with E-state index in [9.17, 15) is 4.39 Å². The summed E-state index contributed by atoms with van der Waals surface area (Å²) in [6, 6.07) is 3.70. The number of nitrogens with zero attached hydrogens (tertiary/aromatic N) is 2. The zero-order chi connectivity index (χ0) is 13.8. The Morgan fingerprint density at radius 1 is 1.53 bits per heavy atom. The van der Waals surface area contributed by atoms with Crippen LogP contribution in [0.25, 0.3) is 0 Å². The van der Waals surface area contributed by atoms with E-state index in [1.54, 1.807) is 6.07 Å². The van der Waals surface area contributed by atoms with Crippen molar-refractivity contribution < 1.29 is 13.7 Å². The molecule has 1 unspecified atom stereocenters. The Morgan fingerprint density at radius 2 is 2.32 bits per heavy atom. The van der Waals surface area contributed by atoms with Crippen LogP contribution < -0.4 is 5.73 Å². The molecule has 0 aliphatic carbocycles. The van der Waals surface area contributed by atoms with Gasteiger partial charge in [-0.25, -0.2) is 4.39 Å². The van der Waals surface area contributed by atoms with Gasteiger partial charge in [0.2, 0.25) is 5.89 Å². The maximum atomic E-state index is 12.9. The summed E-state index contributed by atoms with van der Waals surface area (Å²) in [6.45, 7) is 0.291. The third-order valence-electron chi connectivity index (χ3n) is 2.51. The largest absolute Gasteiger partial charge is 0.383 e. The van der Waals surface area contributed by atoms with Crippen molar-refractivity contribution >= 4 is 11.6 Å². The molecule has 2 rings (SSSR count). The Balaban J connectivity index is 2.11. The minimum Gasteiger partial charge on any atom is -0.383 e. The third-order valence-corrected chi connectivity index (χ3v) is 2.86. The molecule has 1 heterocycles. The van der Waals surface area contributed by atoms with Crippen LogP contribution in [-0.2, 0) is 11.2 Å². The SMILES string of the molecule is COCC(N)c1nc(Cc2ccc(F)cc2Cl)no1. The maximum absolute atomic E-state index is 12.9. The fourth-order valence-corrected chi connectivity index (χ4v) is 1.81. The van der Waals surface area contributed by atoms with Gasteiger partial charge in [-0.2, -0.15) is 4.98 Å². The summed E-state index contributed by atoms with van der Waals surface area (Å²) in [5.41, 5.74) is 6.48. The molecule has 2 N–H and O–H groups in total. The van der Waals surface area contributed by atoms with E-state index in [-0.39, 0.29) is 5.82 Å². The van der Waals surface area contributed by atoms with Crippen LogP contribution in [0.15, 0.2) is 22.7 Å². The number of aromatic nitrogens is 2. The third kappa shape index (κ3) is 3.50. The van der Waals surface area contributed by atoms with Gasteiger partial charge in [-0.15, -0.1) is 0 Å². The number of hydrogen-bond donors (Lipinski definition) is 1. The van der Waals surface area contributed by atoms with E-state index in [1.807, 2.05) is 0 Å². The predicted molar refractivity (Wildman–Crippen MR) is 67.3 cm³/mol. The van der Waals surface area contributed by atoms with E-state index >= 15 is 0 Å². The molecule has 0 saturated heterocycles. The highest BCUT2D eigenvalue weighted by atomic mass is 35.5. The molecule has 7 heteroatoms. The fraction of sp³-hybridized carbons (Fsp3) is 0.333. The standard InChI is InChI=1S/C12H13ClFN3O2/c1-18-6-10(15)12-16-11(17-19-12)4-7-2-3-8(14)5-9(7)13/h2-3,5,10H,4,6,15H2,1H3. The number of rotatable bonds is 5. The van der Waals surface area contributed by atoms with Crippen LogP contribution in [0.3, 0.4) is 0 Å². The molecule has 0 radical (unpaired) electrons. The summed E-state index contributed by atoms with van der Waals surface area (Å²) in [5.74, 6) is 0.356. The van der Waals surface area contributed by atoms with E-state index in [0.717, 1.165) is 5.56 Å². The second-order valence-corrected chi connectivity index (χ2v) is 4.43. The zero-order valence-corrected chi connectivity index (χ0v) is 11.0. The van der Waals surface area contributed by atoms with Gasteiger partial charge in [-0.05, 0) is 17.7 Å². The highest BCUT2D eigenvalue weighted by Gasteiger charge is 2.15. The van der Waals surface area contributed by atoms with Gasteiger partial charge in [0.05, 0.1) is 6.61 Å². The summed E-state index contributed by atoms with van der Waals surface area (Å²) >= 11 is 5.93. The number of ether oxygens (including phenoxy) is 1. The second kappa shape index (κ2) is 6.10. The van der Waals surface area contributed by atoms with Crippen molar-refractivity contribution in [1.29, 1.82) is 0 Å². The molecule has 0 spiro atoms. The highest BCUT2D eigenvalue weighted by Crippen LogP contribution is 2.20. The topological polar surface area (TPSA) is 74.2 Å². The molecule has 2 aromatic rings. The van der Waals surface area contributed by atoms with Crippen LogP contribution in [0, 0.1) is 5.82 Å². The van der Waals surface area contributed by atoms with Crippen molar-refractivity contribution in [3.8, 4) is 0 Å². The number of benzene rings is 1. The van der Waals surface area contributed by atoms with Crippen molar-refractivity contribution in [1.82, 2.24) is 10.1 Å². The molecule has 0 amide bonds. The minimum atomic E-state index is -0.463. The monoisotopic (exact) mass is 285 g/mol. The van der Waals surface area contributed by atoms with Crippen LogP contribution in [0.4, 0.5) is 4.39 Å². The summed E-state index contributed by atoms with van der Waals surface area (Å²) in [6.07, 6.45) is 0.350. The van der Waals surface area contributed by atoms with E-state index in [0.29, 0.717) is 29.8 Å². The molecule has 0 fully saturated rings. The first-order valence-corrected chi connectivity index (χ1v) is 5.99. The first kappa shape index (κ1) is 13.9. The summed E-state index contributed by atoms with van der Waals surface area (Å²) in [7, 11) is 1.54. The lowest BCUT2D eigenvalue weighted by Crippen LogP contribution is -2.16. The van der Waals surface area contributed by atoms with Gasteiger partial charge < -0.3 is 15.0 Å². The quantitative estimate of drug-likeness (QED) is 0.910. The highest BCUT2D eigenvalue weighted by molar-refractivity contribution is 6.31. The molecular weight excluding hydrogens is 273 g/mol. The Kier molecular flexibility index (Phi) is 4.47. The first-order chi connectivity index (χ1) is 9.10. The number of methoxy groups -OCH3 is 1. The van der Waals surface area contributed by atoms with Gasteiger partial charge in [-0.1, -0.05) is 22.8 Å². The molecular formula is C12H13ClFN3O2. The lowest BCUT2D eigenvalue weighted by Gasteiger charge is -2.03. The minimum absolute atomic E-state index is 0.291. The summed E-state index contributed by atoms with van der Waals surface area (Å²) in [4.78, 5) is 4.15. The Bertz CT molecular complexity index is 562. The van der Waals surface area contributed by atoms with Gasteiger partial charge in [0.25, 0.3) is 0 Å². The Labute approximate surface area is 114 Å². The average molecular weight is 286 g/mol. The number of halogens is 2. The fourth-order valence-electron chi connectivity index (χ4n) is 1.58. The second-order valence-electron chi connectivity index (χ2n) is 4.02. The molecule has 0 aliphatic rings. The lowest BCUT2D eigenvalue weighted by atomic mass is 10.1. The van der Waals surface area contributed by atoms with Gasteiger partial charge in [-0.3, -0.25) is 0 Å². The molecule has 1 atom stereocenters. The summed E-state index contributed by atoms with van der Waals surface area (Å²) < 4.78 is 22.9. The average Bonchev–Trinajstić information content (AvgIpc) is 2.82. The van der Waals surface area contributed by atoms with Crippen LogP contribution in [0.2, 0.25) is 5.02 Å². The molecule has 0 aliphatic heterocycles. The lowest BCUT2D eigenvalue weighted by molar-refractivity contribution is 0.166. The van der Waals surface area contributed by atoms with Crippen LogP contribution in [-0.4, -0.2) is 23.9 Å². The van der Waals surface area contributed by atoms with Crippen molar-refractivity contribution in [2.45, 2.75) is 12.5 Å². The molecule has 1 aromatic heterocycles.